The SMILES string of the molecule is CC/C=C\C/C=C\C/C=C\C/C=C\C/C=C\CCCCCCOCC(COC(=O)CCCCCCCCCCCCCCC)OC(=O)CCCCCCCCC. The van der Waals surface area contributed by atoms with Crippen molar-refractivity contribution in [3.8, 4) is 0 Å². The number of carbonyl (C=O) groups excluding carboxylic acids is 2. The number of esters is 2. The van der Waals surface area contributed by atoms with Crippen LogP contribution in [-0.4, -0.2) is 37.9 Å². The fourth-order valence-electron chi connectivity index (χ4n) is 6.54. The highest BCUT2D eigenvalue weighted by atomic mass is 16.6. The van der Waals surface area contributed by atoms with Gasteiger partial charge in [0.15, 0.2) is 6.10 Å². The van der Waals surface area contributed by atoms with Crippen molar-refractivity contribution in [3.63, 3.8) is 0 Å². The van der Waals surface area contributed by atoms with E-state index in [0.29, 0.717) is 19.4 Å². The highest BCUT2D eigenvalue weighted by Gasteiger charge is 2.17. The molecular weight excluding hydrogens is 693 g/mol. The lowest BCUT2D eigenvalue weighted by atomic mass is 10.0. The third kappa shape index (κ3) is 44.3. The first-order chi connectivity index (χ1) is 27.6. The summed E-state index contributed by atoms with van der Waals surface area (Å²) >= 11 is 0. The summed E-state index contributed by atoms with van der Waals surface area (Å²) in [5.74, 6) is -0.413. The van der Waals surface area contributed by atoms with Crippen LogP contribution in [0.4, 0.5) is 0 Å². The topological polar surface area (TPSA) is 61.8 Å². The number of hydrogen-bond donors (Lipinski definition) is 0. The van der Waals surface area contributed by atoms with Crippen LogP contribution < -0.4 is 0 Å². The fourth-order valence-corrected chi connectivity index (χ4v) is 6.54. The lowest BCUT2D eigenvalue weighted by molar-refractivity contribution is -0.163. The second kappa shape index (κ2) is 47.0. The average Bonchev–Trinajstić information content (AvgIpc) is 3.20. The molecule has 5 heteroatoms. The second-order valence-electron chi connectivity index (χ2n) is 15.6. The first-order valence-corrected chi connectivity index (χ1v) is 23.8. The molecule has 0 aliphatic rings. The Morgan fingerprint density at radius 3 is 1.29 bits per heavy atom. The first-order valence-electron chi connectivity index (χ1n) is 23.8. The van der Waals surface area contributed by atoms with Crippen LogP contribution in [0.2, 0.25) is 0 Å². The van der Waals surface area contributed by atoms with Crippen molar-refractivity contribution in [2.45, 2.75) is 232 Å². The molecule has 0 spiro atoms. The summed E-state index contributed by atoms with van der Waals surface area (Å²) < 4.78 is 17.3. The van der Waals surface area contributed by atoms with Crippen LogP contribution >= 0.6 is 0 Å². The number of unbranched alkanes of at least 4 members (excludes halogenated alkanes) is 22. The normalized spacial score (nSPS) is 12.7. The summed E-state index contributed by atoms with van der Waals surface area (Å²) in [5, 5.41) is 0. The Morgan fingerprint density at radius 1 is 0.411 bits per heavy atom. The quantitative estimate of drug-likeness (QED) is 0.0350. The van der Waals surface area contributed by atoms with Crippen molar-refractivity contribution in [2.75, 3.05) is 19.8 Å². The molecule has 0 radical (unpaired) electrons. The molecule has 324 valence electrons. The molecule has 0 aromatic carbocycles. The summed E-state index contributed by atoms with van der Waals surface area (Å²) in [5.41, 5.74) is 0. The van der Waals surface area contributed by atoms with Crippen molar-refractivity contribution < 1.29 is 23.8 Å². The third-order valence-electron chi connectivity index (χ3n) is 10.1. The van der Waals surface area contributed by atoms with Gasteiger partial charge in [0.1, 0.15) is 6.61 Å². The van der Waals surface area contributed by atoms with Crippen LogP contribution in [0.5, 0.6) is 0 Å². The number of rotatable bonds is 43. The monoisotopic (exact) mass is 783 g/mol. The second-order valence-corrected chi connectivity index (χ2v) is 15.6. The lowest BCUT2D eigenvalue weighted by Gasteiger charge is -2.18. The van der Waals surface area contributed by atoms with Gasteiger partial charge in [-0.15, -0.1) is 0 Å². The van der Waals surface area contributed by atoms with E-state index in [1.165, 1.54) is 116 Å². The zero-order valence-electron chi connectivity index (χ0n) is 37.1. The predicted molar refractivity (Wildman–Crippen MR) is 242 cm³/mol. The van der Waals surface area contributed by atoms with Crippen molar-refractivity contribution >= 4 is 11.9 Å². The Kier molecular flexibility index (Phi) is 45.0. The Bertz CT molecular complexity index is 977. The minimum atomic E-state index is -0.544. The zero-order valence-corrected chi connectivity index (χ0v) is 37.1. The van der Waals surface area contributed by atoms with E-state index in [4.69, 9.17) is 14.2 Å². The molecule has 0 aliphatic carbocycles. The lowest BCUT2D eigenvalue weighted by Crippen LogP contribution is -2.30. The summed E-state index contributed by atoms with van der Waals surface area (Å²) in [6, 6.07) is 0. The molecule has 1 unspecified atom stereocenters. The van der Waals surface area contributed by atoms with Gasteiger partial charge in [-0.05, 0) is 64.2 Å². The van der Waals surface area contributed by atoms with Gasteiger partial charge in [0.05, 0.1) is 6.61 Å². The number of carbonyl (C=O) groups is 2. The first kappa shape index (κ1) is 53.6. The largest absolute Gasteiger partial charge is 0.462 e. The van der Waals surface area contributed by atoms with Crippen LogP contribution in [0, 0.1) is 0 Å². The maximum atomic E-state index is 12.6. The molecule has 0 N–H and O–H groups in total. The summed E-state index contributed by atoms with van der Waals surface area (Å²) in [6.45, 7) is 7.63. The predicted octanol–water partition coefficient (Wildman–Crippen LogP) is 15.8. The van der Waals surface area contributed by atoms with Gasteiger partial charge in [-0.3, -0.25) is 9.59 Å². The van der Waals surface area contributed by atoms with E-state index in [0.717, 1.165) is 77.0 Å². The van der Waals surface area contributed by atoms with Gasteiger partial charge in [0, 0.05) is 19.4 Å². The van der Waals surface area contributed by atoms with E-state index in [2.05, 4.69) is 81.5 Å². The van der Waals surface area contributed by atoms with Crippen LogP contribution in [0.1, 0.15) is 226 Å². The number of hydrogen-bond acceptors (Lipinski definition) is 5. The Labute approximate surface area is 347 Å². The maximum Gasteiger partial charge on any atom is 0.306 e. The van der Waals surface area contributed by atoms with Gasteiger partial charge < -0.3 is 14.2 Å². The van der Waals surface area contributed by atoms with Crippen molar-refractivity contribution in [3.05, 3.63) is 60.8 Å². The van der Waals surface area contributed by atoms with Crippen LogP contribution in [-0.2, 0) is 23.8 Å². The van der Waals surface area contributed by atoms with Crippen LogP contribution in [0.25, 0.3) is 0 Å². The molecule has 0 aromatic heterocycles. The Balaban J connectivity index is 4.18. The number of ether oxygens (including phenoxy) is 3. The molecule has 0 rings (SSSR count). The highest BCUT2D eigenvalue weighted by Crippen LogP contribution is 2.14. The molecule has 0 bridgehead atoms. The van der Waals surface area contributed by atoms with E-state index in [1.807, 2.05) is 0 Å². The molecule has 0 aromatic rings. The molecular formula is C51H90O5. The highest BCUT2D eigenvalue weighted by molar-refractivity contribution is 5.70. The van der Waals surface area contributed by atoms with E-state index in [1.54, 1.807) is 0 Å². The molecule has 0 fully saturated rings. The standard InChI is InChI=1S/C51H90O5/c1-4-7-10-13-16-18-20-22-23-24-25-26-27-28-30-32-34-37-40-43-46-54-47-49(56-51(53)45-42-39-35-15-12-9-6-3)48-55-50(52)44-41-38-36-33-31-29-21-19-17-14-11-8-5-2/h7,10,16,18,22-23,25-26,28,30,49H,4-6,8-9,11-15,17,19-21,24,27,29,31-48H2,1-3H3/b10-7-,18-16-,23-22-,26-25-,30-28-. The van der Waals surface area contributed by atoms with Crippen molar-refractivity contribution in [1.29, 1.82) is 0 Å². The minimum absolute atomic E-state index is 0.0767. The Morgan fingerprint density at radius 2 is 0.804 bits per heavy atom. The van der Waals surface area contributed by atoms with E-state index in [-0.39, 0.29) is 25.2 Å². The molecule has 0 saturated carbocycles. The van der Waals surface area contributed by atoms with Crippen LogP contribution in [0.15, 0.2) is 60.8 Å². The van der Waals surface area contributed by atoms with Gasteiger partial charge >= 0.3 is 11.9 Å². The minimum Gasteiger partial charge on any atom is -0.462 e. The molecule has 56 heavy (non-hydrogen) atoms. The van der Waals surface area contributed by atoms with Gasteiger partial charge in [-0.25, -0.2) is 0 Å². The van der Waals surface area contributed by atoms with E-state index in [9.17, 15) is 9.59 Å². The van der Waals surface area contributed by atoms with E-state index < -0.39 is 6.10 Å². The Hall–Kier alpha value is -2.40. The van der Waals surface area contributed by atoms with E-state index >= 15 is 0 Å². The molecule has 0 saturated heterocycles. The molecule has 5 nitrogen and oxygen atoms in total. The number of allylic oxidation sites excluding steroid dienone is 10. The third-order valence-corrected chi connectivity index (χ3v) is 10.1. The molecule has 1 atom stereocenters. The van der Waals surface area contributed by atoms with Gasteiger partial charge in [0.25, 0.3) is 0 Å². The van der Waals surface area contributed by atoms with Crippen molar-refractivity contribution in [2.24, 2.45) is 0 Å². The van der Waals surface area contributed by atoms with Gasteiger partial charge in [-0.2, -0.15) is 0 Å². The smallest absolute Gasteiger partial charge is 0.306 e. The zero-order chi connectivity index (χ0) is 40.7. The summed E-state index contributed by atoms with van der Waals surface area (Å²) in [7, 11) is 0. The fraction of sp³-hybridized carbons (Fsp3) is 0.765. The van der Waals surface area contributed by atoms with Crippen molar-refractivity contribution in [1.82, 2.24) is 0 Å². The molecule has 0 heterocycles. The summed E-state index contributed by atoms with van der Waals surface area (Å²) in [6.07, 6.45) is 58.0. The molecule has 0 aliphatic heterocycles. The van der Waals surface area contributed by atoms with Gasteiger partial charge in [0.2, 0.25) is 0 Å². The van der Waals surface area contributed by atoms with Crippen LogP contribution in [0.3, 0.4) is 0 Å². The average molecular weight is 783 g/mol. The maximum absolute atomic E-state index is 12.6. The van der Waals surface area contributed by atoms with Gasteiger partial charge in [-0.1, -0.05) is 210 Å². The molecule has 0 amide bonds. The summed E-state index contributed by atoms with van der Waals surface area (Å²) in [4.78, 5) is 25.1.